The van der Waals surface area contributed by atoms with Crippen molar-refractivity contribution in [1.29, 1.82) is 0 Å². The van der Waals surface area contributed by atoms with Crippen molar-refractivity contribution in [2.75, 3.05) is 5.32 Å². The Morgan fingerprint density at radius 2 is 1.64 bits per heavy atom. The van der Waals surface area contributed by atoms with Crippen LogP contribution in [0.25, 0.3) is 0 Å². The topological polar surface area (TPSA) is 61.4 Å². The molecular formula is C18H19Cl2N3O2. The maximum Gasteiger partial charge on any atom is 0.338 e. The lowest BCUT2D eigenvalue weighted by atomic mass is 10.1. The van der Waals surface area contributed by atoms with Gasteiger partial charge in [-0.2, -0.15) is 0 Å². The number of hydrazine groups is 1. The number of anilines is 1. The number of benzene rings is 2. The van der Waals surface area contributed by atoms with Crippen molar-refractivity contribution in [3.8, 4) is 0 Å². The van der Waals surface area contributed by atoms with Gasteiger partial charge in [0.25, 0.3) is 5.91 Å². The molecule has 0 aliphatic heterocycles. The summed E-state index contributed by atoms with van der Waals surface area (Å²) in [6, 6.07) is 12.9. The van der Waals surface area contributed by atoms with Crippen LogP contribution in [0.15, 0.2) is 48.5 Å². The first-order valence-corrected chi connectivity index (χ1v) is 8.36. The smallest absolute Gasteiger partial charge is 0.305 e. The summed E-state index contributed by atoms with van der Waals surface area (Å²) >= 11 is 11.9. The van der Waals surface area contributed by atoms with Gasteiger partial charge in [0.15, 0.2) is 0 Å². The van der Waals surface area contributed by atoms with Crippen LogP contribution in [0.5, 0.6) is 0 Å². The second-order valence-corrected chi connectivity index (χ2v) is 7.21. The molecule has 25 heavy (non-hydrogen) atoms. The summed E-state index contributed by atoms with van der Waals surface area (Å²) in [5.41, 5.74) is 2.82. The minimum Gasteiger partial charge on any atom is -0.305 e. The van der Waals surface area contributed by atoms with Gasteiger partial charge in [-0.3, -0.25) is 4.79 Å². The Bertz CT molecular complexity index is 774. The first-order chi connectivity index (χ1) is 11.7. The maximum atomic E-state index is 12.7. The Balaban J connectivity index is 2.17. The third-order valence-electron chi connectivity index (χ3n) is 3.29. The Morgan fingerprint density at radius 3 is 2.20 bits per heavy atom. The molecule has 0 saturated carbocycles. The van der Waals surface area contributed by atoms with Gasteiger partial charge >= 0.3 is 6.03 Å². The molecule has 0 aliphatic carbocycles. The van der Waals surface area contributed by atoms with E-state index in [0.717, 1.165) is 0 Å². The molecule has 0 unspecified atom stereocenters. The molecule has 0 spiro atoms. The number of rotatable bonds is 2. The normalized spacial score (nSPS) is 10.9. The Hall–Kier alpha value is -2.24. The van der Waals surface area contributed by atoms with Crippen LogP contribution >= 0.6 is 23.2 Å². The van der Waals surface area contributed by atoms with E-state index >= 15 is 0 Å². The highest BCUT2D eigenvalue weighted by Crippen LogP contribution is 2.25. The average molecular weight is 380 g/mol. The van der Waals surface area contributed by atoms with E-state index in [0.29, 0.717) is 21.3 Å². The van der Waals surface area contributed by atoms with E-state index in [1.54, 1.807) is 36.4 Å². The van der Waals surface area contributed by atoms with E-state index in [2.05, 4.69) is 10.7 Å². The standard InChI is InChI=1S/C18H19Cl2N3O2/c1-18(2,3)23(16(24)12-7-5-4-6-8-12)22-17(25)21-15-10-9-13(19)11-14(15)20/h4-11H,1-3H3,(H2,21,22,25). The van der Waals surface area contributed by atoms with Gasteiger partial charge < -0.3 is 5.32 Å². The number of carbonyl (C=O) groups excluding carboxylic acids is 2. The molecule has 0 radical (unpaired) electrons. The Kier molecular flexibility index (Phi) is 5.93. The highest BCUT2D eigenvalue weighted by atomic mass is 35.5. The minimum atomic E-state index is -0.631. The van der Waals surface area contributed by atoms with Crippen LogP contribution in [-0.2, 0) is 0 Å². The van der Waals surface area contributed by atoms with Crippen LogP contribution in [0.2, 0.25) is 10.0 Å². The van der Waals surface area contributed by atoms with E-state index in [4.69, 9.17) is 23.2 Å². The number of halogens is 2. The van der Waals surface area contributed by atoms with Crippen molar-refractivity contribution in [2.45, 2.75) is 26.3 Å². The summed E-state index contributed by atoms with van der Waals surface area (Å²) in [5, 5.41) is 4.66. The zero-order valence-corrected chi connectivity index (χ0v) is 15.7. The lowest BCUT2D eigenvalue weighted by Gasteiger charge is -2.35. The van der Waals surface area contributed by atoms with E-state index in [1.807, 2.05) is 26.8 Å². The highest BCUT2D eigenvalue weighted by Gasteiger charge is 2.29. The first-order valence-electron chi connectivity index (χ1n) is 7.61. The van der Waals surface area contributed by atoms with E-state index in [1.165, 1.54) is 11.1 Å². The zero-order chi connectivity index (χ0) is 18.6. The number of hydrogen-bond donors (Lipinski definition) is 2. The fourth-order valence-electron chi connectivity index (χ4n) is 2.08. The summed E-state index contributed by atoms with van der Waals surface area (Å²) in [5.74, 6) is -0.314. The van der Waals surface area contributed by atoms with Gasteiger partial charge in [-0.15, -0.1) is 0 Å². The van der Waals surface area contributed by atoms with Gasteiger partial charge in [-0.1, -0.05) is 41.4 Å². The van der Waals surface area contributed by atoms with Crippen LogP contribution in [0.3, 0.4) is 0 Å². The SMILES string of the molecule is CC(C)(C)N(NC(=O)Nc1ccc(Cl)cc1Cl)C(=O)c1ccccc1. The van der Waals surface area contributed by atoms with Gasteiger partial charge in [0.1, 0.15) is 0 Å². The molecule has 0 saturated heterocycles. The van der Waals surface area contributed by atoms with Crippen molar-refractivity contribution in [3.05, 3.63) is 64.1 Å². The monoisotopic (exact) mass is 379 g/mol. The molecule has 0 aliphatic rings. The minimum absolute atomic E-state index is 0.305. The molecule has 2 aromatic carbocycles. The summed E-state index contributed by atoms with van der Waals surface area (Å²) in [4.78, 5) is 25.1. The molecule has 0 bridgehead atoms. The van der Waals surface area contributed by atoms with E-state index in [-0.39, 0.29) is 5.91 Å². The summed E-state index contributed by atoms with van der Waals surface area (Å²) in [6.45, 7) is 5.47. The highest BCUT2D eigenvalue weighted by molar-refractivity contribution is 6.36. The fourth-order valence-corrected chi connectivity index (χ4v) is 2.53. The maximum absolute atomic E-state index is 12.7. The van der Waals surface area contributed by atoms with Crippen LogP contribution in [-0.4, -0.2) is 22.5 Å². The molecule has 0 fully saturated rings. The predicted molar refractivity (Wildman–Crippen MR) is 101 cm³/mol. The summed E-state index contributed by atoms with van der Waals surface area (Å²) < 4.78 is 0. The van der Waals surface area contributed by atoms with Crippen molar-refractivity contribution >= 4 is 40.8 Å². The lowest BCUT2D eigenvalue weighted by Crippen LogP contribution is -2.56. The second-order valence-electron chi connectivity index (χ2n) is 6.37. The van der Waals surface area contributed by atoms with Gasteiger partial charge in [-0.05, 0) is 51.1 Å². The summed E-state index contributed by atoms with van der Waals surface area (Å²) in [6.07, 6.45) is 0. The average Bonchev–Trinajstić information content (AvgIpc) is 2.54. The van der Waals surface area contributed by atoms with Crippen LogP contribution in [0.4, 0.5) is 10.5 Å². The number of nitrogens with zero attached hydrogens (tertiary/aromatic N) is 1. The van der Waals surface area contributed by atoms with Crippen LogP contribution in [0, 0.1) is 0 Å². The molecular weight excluding hydrogens is 361 g/mol. The fraction of sp³-hybridized carbons (Fsp3) is 0.222. The largest absolute Gasteiger partial charge is 0.338 e. The number of hydrogen-bond acceptors (Lipinski definition) is 2. The van der Waals surface area contributed by atoms with Crippen molar-refractivity contribution < 1.29 is 9.59 Å². The van der Waals surface area contributed by atoms with Gasteiger partial charge in [-0.25, -0.2) is 15.2 Å². The van der Waals surface area contributed by atoms with Crippen molar-refractivity contribution in [3.63, 3.8) is 0 Å². The van der Waals surface area contributed by atoms with E-state index in [9.17, 15) is 9.59 Å². The van der Waals surface area contributed by atoms with Crippen LogP contribution < -0.4 is 10.7 Å². The van der Waals surface area contributed by atoms with Gasteiger partial charge in [0.2, 0.25) is 0 Å². The molecule has 2 aromatic rings. The number of carbonyl (C=O) groups is 2. The number of amides is 3. The van der Waals surface area contributed by atoms with Crippen molar-refractivity contribution in [2.24, 2.45) is 0 Å². The second kappa shape index (κ2) is 7.76. The van der Waals surface area contributed by atoms with Crippen LogP contribution in [0.1, 0.15) is 31.1 Å². The summed E-state index contributed by atoms with van der Waals surface area (Å²) in [7, 11) is 0. The predicted octanol–water partition coefficient (Wildman–Crippen LogP) is 4.97. The Morgan fingerprint density at radius 1 is 1.00 bits per heavy atom. The molecule has 7 heteroatoms. The molecule has 5 nitrogen and oxygen atoms in total. The third kappa shape index (κ3) is 5.11. The Labute approximate surface area is 156 Å². The first kappa shape index (κ1) is 19.1. The third-order valence-corrected chi connectivity index (χ3v) is 3.84. The molecule has 0 atom stereocenters. The lowest BCUT2D eigenvalue weighted by molar-refractivity contribution is 0.0460. The van der Waals surface area contributed by atoms with Crippen molar-refractivity contribution in [1.82, 2.24) is 10.4 Å². The quantitative estimate of drug-likeness (QED) is 0.723. The molecule has 132 valence electrons. The molecule has 0 heterocycles. The molecule has 0 aromatic heterocycles. The van der Waals surface area contributed by atoms with Gasteiger partial charge in [0.05, 0.1) is 16.2 Å². The number of urea groups is 1. The zero-order valence-electron chi connectivity index (χ0n) is 14.1. The van der Waals surface area contributed by atoms with E-state index < -0.39 is 11.6 Å². The number of nitrogens with one attached hydrogen (secondary N) is 2. The molecule has 2 rings (SSSR count). The van der Waals surface area contributed by atoms with Gasteiger partial charge in [0, 0.05) is 10.6 Å². The molecule has 3 amide bonds. The molecule has 2 N–H and O–H groups in total.